The van der Waals surface area contributed by atoms with Crippen LogP contribution in [-0.4, -0.2) is 15.5 Å². The molecule has 0 unspecified atom stereocenters. The van der Waals surface area contributed by atoms with Crippen LogP contribution in [0.25, 0.3) is 0 Å². The van der Waals surface area contributed by atoms with Gasteiger partial charge in [-0.1, -0.05) is 23.2 Å². The SMILES string of the molecule is COc1ccc(S(=O)(=O)Nc2cc(Cl)c(N)c(Cl)c2)cc1. The summed E-state index contributed by atoms with van der Waals surface area (Å²) in [6.07, 6.45) is 0. The van der Waals surface area contributed by atoms with Crippen molar-refractivity contribution < 1.29 is 13.2 Å². The Labute approximate surface area is 132 Å². The van der Waals surface area contributed by atoms with E-state index >= 15 is 0 Å². The Morgan fingerprint density at radius 2 is 1.62 bits per heavy atom. The molecule has 0 saturated heterocycles. The number of sulfonamides is 1. The molecule has 0 spiro atoms. The smallest absolute Gasteiger partial charge is 0.261 e. The van der Waals surface area contributed by atoms with Crippen LogP contribution >= 0.6 is 23.2 Å². The number of nitrogen functional groups attached to an aromatic ring is 1. The Morgan fingerprint density at radius 1 is 1.10 bits per heavy atom. The lowest BCUT2D eigenvalue weighted by atomic mass is 10.3. The van der Waals surface area contributed by atoms with Crippen LogP contribution in [0.3, 0.4) is 0 Å². The van der Waals surface area contributed by atoms with Crippen LogP contribution in [0.4, 0.5) is 11.4 Å². The third kappa shape index (κ3) is 3.53. The Balaban J connectivity index is 2.32. The summed E-state index contributed by atoms with van der Waals surface area (Å²) in [4.78, 5) is 0.0902. The Kier molecular flexibility index (Phi) is 4.51. The van der Waals surface area contributed by atoms with E-state index in [0.29, 0.717) is 5.75 Å². The molecule has 0 bridgehead atoms. The zero-order valence-corrected chi connectivity index (χ0v) is 13.3. The molecule has 21 heavy (non-hydrogen) atoms. The van der Waals surface area contributed by atoms with Crippen molar-refractivity contribution >= 4 is 44.6 Å². The molecule has 0 atom stereocenters. The summed E-state index contributed by atoms with van der Waals surface area (Å²) in [5, 5.41) is 0.352. The largest absolute Gasteiger partial charge is 0.497 e. The second-order valence-corrected chi connectivity index (χ2v) is 6.63. The zero-order chi connectivity index (χ0) is 15.6. The summed E-state index contributed by atoms with van der Waals surface area (Å²) in [6.45, 7) is 0. The zero-order valence-electron chi connectivity index (χ0n) is 10.9. The first-order valence-corrected chi connectivity index (χ1v) is 7.99. The highest BCUT2D eigenvalue weighted by Gasteiger charge is 2.15. The van der Waals surface area contributed by atoms with E-state index in [0.717, 1.165) is 0 Å². The summed E-state index contributed by atoms with van der Waals surface area (Å²) in [7, 11) is -2.25. The molecule has 0 aliphatic carbocycles. The highest BCUT2D eigenvalue weighted by Crippen LogP contribution is 2.32. The maximum atomic E-state index is 12.2. The summed E-state index contributed by atoms with van der Waals surface area (Å²) in [5.74, 6) is 0.563. The number of hydrogen-bond donors (Lipinski definition) is 2. The molecule has 0 amide bonds. The Hall–Kier alpha value is -1.63. The molecule has 8 heteroatoms. The van der Waals surface area contributed by atoms with Gasteiger partial charge in [-0.15, -0.1) is 0 Å². The number of benzene rings is 2. The lowest BCUT2D eigenvalue weighted by molar-refractivity contribution is 0.414. The standard InChI is InChI=1S/C13H12Cl2N2O3S/c1-20-9-2-4-10(5-3-9)21(18,19)17-8-6-11(14)13(16)12(15)7-8/h2-7,17H,16H2,1H3. The van der Waals surface area contributed by atoms with Crippen molar-refractivity contribution in [2.45, 2.75) is 4.90 Å². The Morgan fingerprint density at radius 3 is 2.10 bits per heavy atom. The van der Waals surface area contributed by atoms with E-state index in [1.807, 2.05) is 0 Å². The van der Waals surface area contributed by atoms with E-state index < -0.39 is 10.0 Å². The van der Waals surface area contributed by atoms with Crippen LogP contribution in [-0.2, 0) is 10.0 Å². The van der Waals surface area contributed by atoms with E-state index in [1.165, 1.54) is 31.4 Å². The number of rotatable bonds is 4. The summed E-state index contributed by atoms with van der Waals surface area (Å²) in [6, 6.07) is 8.76. The van der Waals surface area contributed by atoms with Crippen LogP contribution in [0.1, 0.15) is 0 Å². The minimum atomic E-state index is -3.75. The molecule has 3 N–H and O–H groups in total. The van der Waals surface area contributed by atoms with Gasteiger partial charge in [-0.05, 0) is 36.4 Å². The average Bonchev–Trinajstić information content (AvgIpc) is 2.44. The van der Waals surface area contributed by atoms with E-state index in [9.17, 15) is 8.42 Å². The van der Waals surface area contributed by atoms with E-state index in [1.54, 1.807) is 12.1 Å². The molecule has 2 rings (SSSR count). The van der Waals surface area contributed by atoms with Crippen LogP contribution in [0.15, 0.2) is 41.3 Å². The molecule has 0 aromatic heterocycles. The molecule has 5 nitrogen and oxygen atoms in total. The van der Waals surface area contributed by atoms with Gasteiger partial charge < -0.3 is 10.5 Å². The van der Waals surface area contributed by atoms with E-state index in [-0.39, 0.29) is 26.3 Å². The normalized spacial score (nSPS) is 11.2. The molecule has 2 aromatic rings. The average molecular weight is 347 g/mol. The third-order valence-electron chi connectivity index (χ3n) is 2.70. The monoisotopic (exact) mass is 346 g/mol. The second kappa shape index (κ2) is 6.01. The van der Waals surface area contributed by atoms with Gasteiger partial charge in [0.15, 0.2) is 0 Å². The van der Waals surface area contributed by atoms with Gasteiger partial charge in [0, 0.05) is 0 Å². The highest BCUT2D eigenvalue weighted by atomic mass is 35.5. The molecule has 0 radical (unpaired) electrons. The fraction of sp³-hybridized carbons (Fsp3) is 0.0769. The van der Waals surface area contributed by atoms with Crippen molar-refractivity contribution in [3.05, 3.63) is 46.4 Å². The summed E-state index contributed by atoms with van der Waals surface area (Å²) < 4.78 is 31.8. The van der Waals surface area contributed by atoms with Crippen molar-refractivity contribution in [3.63, 3.8) is 0 Å². The maximum absolute atomic E-state index is 12.2. The van der Waals surface area contributed by atoms with Gasteiger partial charge in [0.2, 0.25) is 0 Å². The third-order valence-corrected chi connectivity index (χ3v) is 4.72. The lowest BCUT2D eigenvalue weighted by Crippen LogP contribution is -2.13. The molecule has 0 aliphatic rings. The van der Waals surface area contributed by atoms with Crippen LogP contribution in [0.5, 0.6) is 5.75 Å². The number of nitrogens with one attached hydrogen (secondary N) is 1. The minimum absolute atomic E-state index is 0.0902. The number of ether oxygens (including phenoxy) is 1. The summed E-state index contributed by atoms with van der Waals surface area (Å²) >= 11 is 11.7. The van der Waals surface area contributed by atoms with Crippen LogP contribution in [0.2, 0.25) is 10.0 Å². The van der Waals surface area contributed by atoms with Crippen molar-refractivity contribution in [1.29, 1.82) is 0 Å². The van der Waals surface area contributed by atoms with E-state index in [2.05, 4.69) is 4.72 Å². The topological polar surface area (TPSA) is 81.4 Å². The quantitative estimate of drug-likeness (QED) is 0.831. The molecular weight excluding hydrogens is 335 g/mol. The number of halogens is 2. The first-order chi connectivity index (χ1) is 9.83. The molecule has 0 fully saturated rings. The molecule has 2 aromatic carbocycles. The van der Waals surface area contributed by atoms with Gasteiger partial charge in [-0.3, -0.25) is 4.72 Å². The lowest BCUT2D eigenvalue weighted by Gasteiger charge is -2.10. The first-order valence-electron chi connectivity index (χ1n) is 5.75. The predicted octanol–water partition coefficient (Wildman–Crippen LogP) is 3.39. The number of anilines is 2. The molecule has 0 aliphatic heterocycles. The second-order valence-electron chi connectivity index (χ2n) is 4.13. The van der Waals surface area contributed by atoms with Crippen LogP contribution < -0.4 is 15.2 Å². The van der Waals surface area contributed by atoms with E-state index in [4.69, 9.17) is 33.7 Å². The van der Waals surface area contributed by atoms with Gasteiger partial charge in [0.25, 0.3) is 10.0 Å². The highest BCUT2D eigenvalue weighted by molar-refractivity contribution is 7.92. The number of hydrogen-bond acceptors (Lipinski definition) is 4. The first kappa shape index (κ1) is 15.8. The van der Waals surface area contributed by atoms with Gasteiger partial charge in [-0.25, -0.2) is 8.42 Å². The van der Waals surface area contributed by atoms with Crippen molar-refractivity contribution in [2.75, 3.05) is 17.6 Å². The maximum Gasteiger partial charge on any atom is 0.261 e. The number of methoxy groups -OCH3 is 1. The van der Waals surface area contributed by atoms with Gasteiger partial charge >= 0.3 is 0 Å². The van der Waals surface area contributed by atoms with Crippen molar-refractivity contribution in [3.8, 4) is 5.75 Å². The molecular formula is C13H12Cl2N2O3S. The van der Waals surface area contributed by atoms with Crippen molar-refractivity contribution in [1.82, 2.24) is 0 Å². The van der Waals surface area contributed by atoms with Crippen molar-refractivity contribution in [2.24, 2.45) is 0 Å². The molecule has 112 valence electrons. The predicted molar refractivity (Wildman–Crippen MR) is 84.7 cm³/mol. The number of nitrogens with two attached hydrogens (primary N) is 1. The minimum Gasteiger partial charge on any atom is -0.497 e. The molecule has 0 saturated carbocycles. The molecule has 0 heterocycles. The van der Waals surface area contributed by atoms with Gasteiger partial charge in [0.1, 0.15) is 5.75 Å². The van der Waals surface area contributed by atoms with Gasteiger partial charge in [0.05, 0.1) is 33.4 Å². The Bertz CT molecular complexity index is 738. The van der Waals surface area contributed by atoms with Crippen LogP contribution in [0, 0.1) is 0 Å². The summed E-state index contributed by atoms with van der Waals surface area (Å²) in [5.41, 5.74) is 6.03. The fourth-order valence-corrected chi connectivity index (χ4v) is 3.14. The fourth-order valence-electron chi connectivity index (χ4n) is 1.61. The van der Waals surface area contributed by atoms with Gasteiger partial charge in [-0.2, -0.15) is 0 Å².